The maximum absolute atomic E-state index is 13.8. The summed E-state index contributed by atoms with van der Waals surface area (Å²) in [5.74, 6) is -1.20. The molecule has 2 aromatic heterocycles. The summed E-state index contributed by atoms with van der Waals surface area (Å²) in [5, 5.41) is 30.3. The Hall–Kier alpha value is -6.01. The maximum Gasteiger partial charge on any atom is 0.330 e. The van der Waals surface area contributed by atoms with Crippen LogP contribution in [-0.2, 0) is 25.5 Å². The molecule has 0 unspecified atom stereocenters. The molecule has 3 aliphatic rings. The first kappa shape index (κ1) is 48.4. The van der Waals surface area contributed by atoms with Gasteiger partial charge in [-0.25, -0.2) is 9.78 Å². The van der Waals surface area contributed by atoms with E-state index in [2.05, 4.69) is 30.8 Å². The van der Waals surface area contributed by atoms with Crippen molar-refractivity contribution in [2.45, 2.75) is 115 Å². The highest BCUT2D eigenvalue weighted by Gasteiger charge is 2.42. The second-order valence-corrected chi connectivity index (χ2v) is 18.3. The number of piperidine rings is 1. The molecule has 8 N–H and O–H groups in total. The number of pyridine rings is 1. The third-order valence-corrected chi connectivity index (χ3v) is 12.1. The van der Waals surface area contributed by atoms with Crippen molar-refractivity contribution in [2.24, 2.45) is 17.6 Å². The van der Waals surface area contributed by atoms with E-state index < -0.39 is 77.5 Å². The van der Waals surface area contributed by atoms with E-state index in [0.29, 0.717) is 29.5 Å². The van der Waals surface area contributed by atoms with Crippen molar-refractivity contribution in [3.63, 3.8) is 0 Å². The Bertz CT molecular complexity index is 2450. The summed E-state index contributed by atoms with van der Waals surface area (Å²) in [6.07, 6.45) is 7.85. The van der Waals surface area contributed by atoms with Crippen LogP contribution in [0.25, 0.3) is 10.9 Å². The van der Waals surface area contributed by atoms with Crippen LogP contribution in [0, 0.1) is 18.8 Å². The molecule has 4 amide bonds. The first-order valence-electron chi connectivity index (χ1n) is 22.3. The molecule has 65 heavy (non-hydrogen) atoms. The summed E-state index contributed by atoms with van der Waals surface area (Å²) in [6.45, 7) is 8.20. The standard InChI is InChI=1S/C38H50N6O5.C10H12N2O4/c1-38(2,3)43-37(49)32-20-26-14-7-8-15-27(26)22-44(32)23-33(45)30(19-24-11-5-4-6-12-24)41-36(48)31(21-34(39)46)42-35(47)29-18-17-25-13-9-10-16-28(25)40-29;1-6-4-12(10(15)11-9(6)14)8-3-2-7(5-13)16-8/h4-6,9-13,16-18,26-27,30-33,45H,7-8,14-15,19-23H2,1-3H3,(H2,39,46)(H,41,48)(H,42,47)(H,43,49);2-4,7-8,13H,5H2,1H3,(H,11,14,15)/t26-,27+,30-,31-,32-,33+;7-,8+/m00/s1. The summed E-state index contributed by atoms with van der Waals surface area (Å²) >= 11 is 0. The zero-order valence-electron chi connectivity index (χ0n) is 37.4. The number of nitrogens with two attached hydrogens (primary N) is 1. The third-order valence-electron chi connectivity index (χ3n) is 12.1. The minimum absolute atomic E-state index is 0.0566. The Morgan fingerprint density at radius 2 is 1.66 bits per heavy atom. The van der Waals surface area contributed by atoms with E-state index in [1.807, 2.05) is 69.3 Å². The number of aromatic nitrogens is 3. The molecule has 1 aliphatic carbocycles. The van der Waals surface area contributed by atoms with Crippen LogP contribution in [0.1, 0.15) is 87.1 Å². The van der Waals surface area contributed by atoms with Crippen LogP contribution in [0.3, 0.4) is 0 Å². The third kappa shape index (κ3) is 13.3. The maximum atomic E-state index is 13.8. The lowest BCUT2D eigenvalue weighted by molar-refractivity contribution is -0.133. The lowest BCUT2D eigenvalue weighted by Gasteiger charge is -2.47. The molecule has 17 nitrogen and oxygen atoms in total. The number of carbonyl (C=O) groups excluding carboxylic acids is 4. The van der Waals surface area contributed by atoms with E-state index in [4.69, 9.17) is 15.6 Å². The first-order chi connectivity index (χ1) is 31.0. The van der Waals surface area contributed by atoms with Gasteiger partial charge < -0.3 is 36.6 Å². The monoisotopic (exact) mass is 894 g/mol. The number of nitrogens with one attached hydrogen (secondary N) is 4. The smallest absolute Gasteiger partial charge is 0.330 e. The number of fused-ring (bicyclic) bond motifs is 2. The Morgan fingerprint density at radius 1 is 0.954 bits per heavy atom. The number of hydrogen-bond acceptors (Lipinski definition) is 11. The number of H-pyrrole nitrogens is 1. The van der Waals surface area contributed by atoms with Crippen molar-refractivity contribution in [3.05, 3.63) is 123 Å². The molecule has 4 aromatic rings. The van der Waals surface area contributed by atoms with Gasteiger partial charge in [-0.3, -0.25) is 38.4 Å². The van der Waals surface area contributed by atoms with Gasteiger partial charge in [0.15, 0.2) is 6.23 Å². The number of para-hydroxylation sites is 1. The Morgan fingerprint density at radius 3 is 2.35 bits per heavy atom. The van der Waals surface area contributed by atoms with Crippen LogP contribution in [0.2, 0.25) is 0 Å². The molecular weight excluding hydrogens is 833 g/mol. The largest absolute Gasteiger partial charge is 0.393 e. The molecule has 17 heteroatoms. The highest BCUT2D eigenvalue weighted by molar-refractivity contribution is 5.99. The second-order valence-electron chi connectivity index (χ2n) is 18.3. The van der Waals surface area contributed by atoms with Gasteiger partial charge in [-0.05, 0) is 82.6 Å². The number of β-amino-alcohol motifs (C(OH)–C–C–N with tert-alkyl or cyclic N) is 1. The van der Waals surface area contributed by atoms with Crippen molar-refractivity contribution >= 4 is 34.5 Å². The summed E-state index contributed by atoms with van der Waals surface area (Å²) in [5.41, 5.74) is 6.21. The average molecular weight is 895 g/mol. The fourth-order valence-corrected chi connectivity index (χ4v) is 8.79. The van der Waals surface area contributed by atoms with Crippen LogP contribution in [0.15, 0.2) is 94.7 Å². The molecule has 0 bridgehead atoms. The van der Waals surface area contributed by atoms with Gasteiger partial charge in [-0.2, -0.15) is 0 Å². The summed E-state index contributed by atoms with van der Waals surface area (Å²) in [7, 11) is 0. The lowest BCUT2D eigenvalue weighted by atomic mass is 9.72. The SMILES string of the molecule is CC(C)(C)NC(=O)[C@@H]1C[C@@H]2CCCC[C@@H]2CN1C[C@@H](O)[C@H](Cc1ccccc1)NC(=O)[C@H](CC(N)=O)NC(=O)c1ccc2ccccc2n1.Cc1cn([C@H]2C=C[C@@H](CO)O2)c(=O)[nH]c1=O. The summed E-state index contributed by atoms with van der Waals surface area (Å²) < 4.78 is 6.63. The number of aromatic amines is 1. The summed E-state index contributed by atoms with van der Waals surface area (Å²) in [6, 6.07) is 17.6. The predicted molar refractivity (Wildman–Crippen MR) is 244 cm³/mol. The molecule has 1 saturated carbocycles. The number of aliphatic hydroxyl groups is 2. The van der Waals surface area contributed by atoms with Crippen molar-refractivity contribution in [1.29, 1.82) is 0 Å². The van der Waals surface area contributed by atoms with E-state index in [1.54, 1.807) is 37.3 Å². The van der Waals surface area contributed by atoms with Crippen LogP contribution >= 0.6 is 0 Å². The molecule has 2 aliphatic heterocycles. The number of amides is 4. The van der Waals surface area contributed by atoms with Crippen LogP contribution < -0.4 is 32.9 Å². The predicted octanol–water partition coefficient (Wildman–Crippen LogP) is 2.38. The molecule has 2 fully saturated rings. The van der Waals surface area contributed by atoms with Crippen molar-refractivity contribution in [2.75, 3.05) is 19.7 Å². The topological polar surface area (TPSA) is 251 Å². The highest BCUT2D eigenvalue weighted by atomic mass is 16.5. The van der Waals surface area contributed by atoms with E-state index in [-0.39, 0.29) is 31.2 Å². The van der Waals surface area contributed by atoms with Gasteiger partial charge in [0.25, 0.3) is 11.5 Å². The normalized spacial score (nSPS) is 22.1. The number of ether oxygens (including phenoxy) is 1. The van der Waals surface area contributed by atoms with Gasteiger partial charge in [-0.15, -0.1) is 0 Å². The van der Waals surface area contributed by atoms with Crippen LogP contribution in [0.4, 0.5) is 0 Å². The number of primary amides is 1. The molecule has 1 saturated heterocycles. The minimum Gasteiger partial charge on any atom is -0.393 e. The number of likely N-dealkylation sites (tertiary alicyclic amines) is 1. The van der Waals surface area contributed by atoms with Crippen molar-refractivity contribution in [1.82, 2.24) is 35.4 Å². The van der Waals surface area contributed by atoms with Gasteiger partial charge in [0, 0.05) is 35.8 Å². The number of rotatable bonds is 14. The quantitative estimate of drug-likeness (QED) is 0.0906. The highest BCUT2D eigenvalue weighted by Crippen LogP contribution is 2.39. The fourth-order valence-electron chi connectivity index (χ4n) is 8.79. The van der Waals surface area contributed by atoms with E-state index >= 15 is 0 Å². The van der Waals surface area contributed by atoms with Gasteiger partial charge in [-0.1, -0.05) is 79.9 Å². The molecule has 0 spiro atoms. The minimum atomic E-state index is -1.30. The lowest BCUT2D eigenvalue weighted by Crippen LogP contribution is -2.61. The Balaban J connectivity index is 0.000000366. The van der Waals surface area contributed by atoms with Gasteiger partial charge in [0.2, 0.25) is 17.7 Å². The van der Waals surface area contributed by atoms with Crippen LogP contribution in [-0.4, -0.2) is 109 Å². The molecule has 0 radical (unpaired) electrons. The molecule has 4 heterocycles. The number of hydrogen-bond donors (Lipinski definition) is 7. The number of nitrogens with zero attached hydrogens (tertiary/aromatic N) is 3. The molecule has 348 valence electrons. The summed E-state index contributed by atoms with van der Waals surface area (Å²) in [4.78, 5) is 84.1. The van der Waals surface area contributed by atoms with Gasteiger partial charge >= 0.3 is 5.69 Å². The van der Waals surface area contributed by atoms with Crippen molar-refractivity contribution < 1.29 is 34.1 Å². The van der Waals surface area contributed by atoms with Crippen LogP contribution in [0.5, 0.6) is 0 Å². The molecule has 8 atom stereocenters. The van der Waals surface area contributed by atoms with Gasteiger partial charge in [0.05, 0.1) is 36.7 Å². The number of aliphatic hydroxyl groups excluding tert-OH is 2. The Labute approximate surface area is 377 Å². The number of carbonyl (C=O) groups is 4. The molecule has 7 rings (SSSR count). The van der Waals surface area contributed by atoms with Gasteiger partial charge in [0.1, 0.15) is 17.8 Å². The first-order valence-corrected chi connectivity index (χ1v) is 22.3. The number of benzene rings is 2. The number of aryl methyl sites for hydroxylation is 1. The molecule has 2 aromatic carbocycles. The van der Waals surface area contributed by atoms with E-state index in [1.165, 1.54) is 17.2 Å². The second kappa shape index (κ2) is 21.8. The zero-order valence-corrected chi connectivity index (χ0v) is 37.4. The average Bonchev–Trinajstić information content (AvgIpc) is 3.76. The Kier molecular flexibility index (Phi) is 16.2. The van der Waals surface area contributed by atoms with E-state index in [9.17, 15) is 33.9 Å². The van der Waals surface area contributed by atoms with E-state index in [0.717, 1.165) is 36.6 Å². The fraction of sp³-hybridized carbons (Fsp3) is 0.479. The zero-order chi connectivity index (χ0) is 46.8. The molecular formula is C48H62N8O9. The van der Waals surface area contributed by atoms with Crippen molar-refractivity contribution in [3.8, 4) is 0 Å².